The summed E-state index contributed by atoms with van der Waals surface area (Å²) in [6.07, 6.45) is -0.431. The van der Waals surface area contributed by atoms with Gasteiger partial charge in [-0.05, 0) is 30.3 Å². The highest BCUT2D eigenvalue weighted by Crippen LogP contribution is 2.43. The number of ether oxygens (including phenoxy) is 1. The average Bonchev–Trinajstić information content (AvgIpc) is 2.41. The third-order valence-corrected chi connectivity index (χ3v) is 4.42. The summed E-state index contributed by atoms with van der Waals surface area (Å²) in [6.45, 7) is 0. The third kappa shape index (κ3) is 2.68. The van der Waals surface area contributed by atoms with E-state index in [1.807, 2.05) is 18.2 Å². The van der Waals surface area contributed by atoms with Crippen molar-refractivity contribution in [2.45, 2.75) is 18.6 Å². The highest BCUT2D eigenvalue weighted by molar-refractivity contribution is 9.10. The summed E-state index contributed by atoms with van der Waals surface area (Å²) >= 11 is 15.6. The average molecular weight is 374 g/mol. The Morgan fingerprint density at radius 1 is 1.10 bits per heavy atom. The van der Waals surface area contributed by atoms with Crippen LogP contribution >= 0.6 is 39.1 Å². The monoisotopic (exact) mass is 372 g/mol. The van der Waals surface area contributed by atoms with Crippen molar-refractivity contribution in [3.05, 3.63) is 62.0 Å². The maximum absolute atomic E-state index is 10.3. The Balaban J connectivity index is 2.00. The predicted molar refractivity (Wildman–Crippen MR) is 83.5 cm³/mol. The van der Waals surface area contributed by atoms with E-state index in [0.29, 0.717) is 22.2 Å². The van der Waals surface area contributed by atoms with Crippen LogP contribution in [0.4, 0.5) is 0 Å². The first kappa shape index (κ1) is 14.2. The lowest BCUT2D eigenvalue weighted by Gasteiger charge is -2.30. The molecule has 5 heteroatoms. The number of aliphatic hydroxyl groups is 1. The van der Waals surface area contributed by atoms with Gasteiger partial charge in [0.15, 0.2) is 0 Å². The van der Waals surface area contributed by atoms with Gasteiger partial charge in [-0.25, -0.2) is 0 Å². The van der Waals surface area contributed by atoms with E-state index in [1.54, 1.807) is 18.2 Å². The van der Waals surface area contributed by atoms with Crippen LogP contribution in [0.1, 0.15) is 29.8 Å². The molecular weight excluding hydrogens is 363 g/mol. The molecule has 1 unspecified atom stereocenters. The predicted octanol–water partition coefficient (Wildman–Crippen LogP) is 5.31. The zero-order valence-corrected chi connectivity index (χ0v) is 13.4. The molecule has 0 spiro atoms. The number of hydrogen-bond acceptors (Lipinski definition) is 2. The van der Waals surface area contributed by atoms with Gasteiger partial charge in [-0.2, -0.15) is 0 Å². The van der Waals surface area contributed by atoms with Crippen molar-refractivity contribution in [1.82, 2.24) is 0 Å². The zero-order chi connectivity index (χ0) is 14.3. The van der Waals surface area contributed by atoms with E-state index in [0.717, 1.165) is 15.6 Å². The Labute approximate surface area is 135 Å². The Morgan fingerprint density at radius 3 is 2.70 bits per heavy atom. The Hall–Kier alpha value is -0.740. The lowest BCUT2D eigenvalue weighted by atomic mass is 9.95. The molecule has 2 atom stereocenters. The molecule has 0 aliphatic carbocycles. The van der Waals surface area contributed by atoms with Gasteiger partial charge in [-0.15, -0.1) is 0 Å². The molecule has 20 heavy (non-hydrogen) atoms. The Morgan fingerprint density at radius 2 is 1.90 bits per heavy atom. The van der Waals surface area contributed by atoms with Crippen molar-refractivity contribution in [1.29, 1.82) is 0 Å². The second-order valence-corrected chi connectivity index (χ2v) is 6.47. The zero-order valence-electron chi connectivity index (χ0n) is 10.3. The molecule has 0 radical (unpaired) electrons. The number of hydrogen-bond donors (Lipinski definition) is 1. The number of fused-ring (bicyclic) bond motifs is 1. The topological polar surface area (TPSA) is 29.5 Å². The van der Waals surface area contributed by atoms with Crippen LogP contribution in [-0.4, -0.2) is 5.11 Å². The van der Waals surface area contributed by atoms with Gasteiger partial charge >= 0.3 is 0 Å². The maximum atomic E-state index is 10.3. The third-order valence-electron chi connectivity index (χ3n) is 3.35. The van der Waals surface area contributed by atoms with Crippen LogP contribution in [0.25, 0.3) is 0 Å². The summed E-state index contributed by atoms with van der Waals surface area (Å²) in [5.74, 6) is 0.666. The van der Waals surface area contributed by atoms with E-state index in [4.69, 9.17) is 27.9 Å². The molecule has 2 nitrogen and oxygen atoms in total. The fourth-order valence-electron chi connectivity index (χ4n) is 2.37. The smallest absolute Gasteiger partial charge is 0.128 e. The minimum absolute atomic E-state index is 0.307. The van der Waals surface area contributed by atoms with Gasteiger partial charge in [-0.3, -0.25) is 0 Å². The minimum atomic E-state index is -0.577. The van der Waals surface area contributed by atoms with E-state index >= 15 is 0 Å². The SMILES string of the molecule is O[C@H]1CC(c2cc(Cl)ccc2Cl)Oc2cc(Br)ccc21. The summed E-state index contributed by atoms with van der Waals surface area (Å²) in [6, 6.07) is 10.9. The van der Waals surface area contributed by atoms with Crippen LogP contribution in [0.5, 0.6) is 5.75 Å². The number of benzene rings is 2. The van der Waals surface area contributed by atoms with E-state index in [1.165, 1.54) is 0 Å². The van der Waals surface area contributed by atoms with Gasteiger partial charge in [0, 0.05) is 32.1 Å². The normalized spacial score (nSPS) is 21.2. The van der Waals surface area contributed by atoms with Gasteiger partial charge in [-0.1, -0.05) is 45.2 Å². The van der Waals surface area contributed by atoms with Crippen molar-refractivity contribution in [2.24, 2.45) is 0 Å². The molecule has 0 bridgehead atoms. The Kier molecular flexibility index (Phi) is 3.95. The molecule has 0 fully saturated rings. The summed E-state index contributed by atoms with van der Waals surface area (Å²) in [5, 5.41) is 11.5. The van der Waals surface area contributed by atoms with E-state index in [2.05, 4.69) is 15.9 Å². The first-order chi connectivity index (χ1) is 9.54. The maximum Gasteiger partial charge on any atom is 0.128 e. The van der Waals surface area contributed by atoms with Crippen LogP contribution < -0.4 is 4.74 Å². The highest BCUT2D eigenvalue weighted by atomic mass is 79.9. The lowest BCUT2D eigenvalue weighted by molar-refractivity contribution is 0.0657. The quantitative estimate of drug-likeness (QED) is 0.733. The molecule has 0 aromatic heterocycles. The molecule has 0 saturated carbocycles. The Bertz CT molecular complexity index is 660. The molecule has 0 saturated heterocycles. The van der Waals surface area contributed by atoms with Crippen LogP contribution in [0, 0.1) is 0 Å². The van der Waals surface area contributed by atoms with E-state index < -0.39 is 6.10 Å². The molecule has 2 aromatic rings. The van der Waals surface area contributed by atoms with Gasteiger partial charge in [0.25, 0.3) is 0 Å². The van der Waals surface area contributed by atoms with Gasteiger partial charge < -0.3 is 9.84 Å². The summed E-state index contributed by atoms with van der Waals surface area (Å²) < 4.78 is 6.88. The van der Waals surface area contributed by atoms with Gasteiger partial charge in [0.2, 0.25) is 0 Å². The van der Waals surface area contributed by atoms with Gasteiger partial charge in [0.1, 0.15) is 11.9 Å². The second-order valence-electron chi connectivity index (χ2n) is 4.71. The molecular formula is C15H11BrCl2O2. The lowest BCUT2D eigenvalue weighted by Crippen LogP contribution is -2.19. The molecule has 104 valence electrons. The van der Waals surface area contributed by atoms with Crippen molar-refractivity contribution in [3.63, 3.8) is 0 Å². The first-order valence-electron chi connectivity index (χ1n) is 6.13. The minimum Gasteiger partial charge on any atom is -0.485 e. The summed E-state index contributed by atoms with van der Waals surface area (Å²) in [4.78, 5) is 0. The molecule has 1 aliphatic heterocycles. The van der Waals surface area contributed by atoms with Crippen molar-refractivity contribution in [3.8, 4) is 5.75 Å². The van der Waals surface area contributed by atoms with Crippen molar-refractivity contribution < 1.29 is 9.84 Å². The van der Waals surface area contributed by atoms with Crippen LogP contribution in [0.2, 0.25) is 10.0 Å². The van der Waals surface area contributed by atoms with E-state index in [-0.39, 0.29) is 6.10 Å². The fourth-order valence-corrected chi connectivity index (χ4v) is 3.13. The van der Waals surface area contributed by atoms with E-state index in [9.17, 15) is 5.11 Å². The molecule has 1 heterocycles. The standard InChI is InChI=1S/C15H11BrCl2O2/c16-8-1-3-10-13(19)7-15(20-14(10)5-8)11-6-9(17)2-4-12(11)18/h1-6,13,15,19H,7H2/t13-,15?/m0/s1. The van der Waals surface area contributed by atoms with Crippen molar-refractivity contribution >= 4 is 39.1 Å². The van der Waals surface area contributed by atoms with Gasteiger partial charge in [0.05, 0.1) is 6.10 Å². The number of rotatable bonds is 1. The molecule has 1 aliphatic rings. The highest BCUT2D eigenvalue weighted by Gasteiger charge is 2.29. The number of aliphatic hydroxyl groups excluding tert-OH is 1. The fraction of sp³-hybridized carbons (Fsp3) is 0.200. The summed E-state index contributed by atoms with van der Waals surface area (Å²) in [5.41, 5.74) is 1.59. The second kappa shape index (κ2) is 5.57. The molecule has 0 amide bonds. The summed E-state index contributed by atoms with van der Waals surface area (Å²) in [7, 11) is 0. The van der Waals surface area contributed by atoms with Crippen LogP contribution in [0.3, 0.4) is 0 Å². The largest absolute Gasteiger partial charge is 0.485 e. The number of halogens is 3. The molecule has 1 N–H and O–H groups in total. The van der Waals surface area contributed by atoms with Crippen molar-refractivity contribution in [2.75, 3.05) is 0 Å². The first-order valence-corrected chi connectivity index (χ1v) is 7.68. The molecule has 2 aromatic carbocycles. The van der Waals surface area contributed by atoms with Crippen LogP contribution in [0.15, 0.2) is 40.9 Å². The molecule has 3 rings (SSSR count). The van der Waals surface area contributed by atoms with Crippen LogP contribution in [-0.2, 0) is 0 Å².